The minimum atomic E-state index is -10.7. The molecule has 1 aromatic heterocycles. The molecular weight excluding hydrogens is 317 g/mol. The topological polar surface area (TPSA) is 11.3 Å². The summed E-state index contributed by atoms with van der Waals surface area (Å²) in [7, 11) is -10.7. The quantitative estimate of drug-likeness (QED) is 0.305. The molecule has 2 aromatic rings. The summed E-state index contributed by atoms with van der Waals surface area (Å²) in [6, 6.07) is 14.2. The maximum atomic E-state index is 9.87. The zero-order valence-electron chi connectivity index (χ0n) is 11.2. The number of halogens is 6. The first kappa shape index (κ1) is 17.4. The van der Waals surface area contributed by atoms with Gasteiger partial charge in [-0.25, -0.2) is 4.42 Å². The van der Waals surface area contributed by atoms with Crippen molar-refractivity contribution < 1.29 is 29.6 Å². The molecule has 0 saturated carbocycles. The van der Waals surface area contributed by atoms with Crippen LogP contribution in [-0.4, -0.2) is 0 Å². The first-order valence-electron chi connectivity index (χ1n) is 5.74. The Bertz CT molecular complexity index is 590. The summed E-state index contributed by atoms with van der Waals surface area (Å²) in [5, 5.41) is 0. The molecular formula is C13H13F6OP. The van der Waals surface area contributed by atoms with Crippen LogP contribution >= 0.6 is 7.81 Å². The van der Waals surface area contributed by atoms with Crippen molar-refractivity contribution in [3.05, 3.63) is 53.8 Å². The van der Waals surface area contributed by atoms with Crippen molar-refractivity contribution in [3.8, 4) is 11.3 Å². The summed E-state index contributed by atoms with van der Waals surface area (Å²) in [6.07, 6.45) is 0. The second kappa shape index (κ2) is 4.98. The van der Waals surface area contributed by atoms with Gasteiger partial charge in [0.15, 0.2) is 0 Å². The number of aryl methyl sites for hydroxylation is 2. The number of rotatable bonds is 1. The fourth-order valence-corrected chi connectivity index (χ4v) is 1.55. The molecule has 2 rings (SSSR count). The van der Waals surface area contributed by atoms with Gasteiger partial charge in [-0.2, -0.15) is 0 Å². The van der Waals surface area contributed by atoms with Gasteiger partial charge >= 0.3 is 44.5 Å². The molecule has 0 N–H and O–H groups in total. The van der Waals surface area contributed by atoms with Gasteiger partial charge in [0.25, 0.3) is 0 Å². The van der Waals surface area contributed by atoms with Gasteiger partial charge in [0, 0.05) is 12.1 Å². The van der Waals surface area contributed by atoms with Gasteiger partial charge in [-0.15, -0.1) is 0 Å². The molecule has 0 aliphatic carbocycles. The van der Waals surface area contributed by atoms with Gasteiger partial charge in [0.05, 0.1) is 12.5 Å². The Labute approximate surface area is 117 Å². The van der Waals surface area contributed by atoms with E-state index >= 15 is 0 Å². The van der Waals surface area contributed by atoms with Crippen LogP contribution in [0.15, 0.2) is 46.9 Å². The molecule has 8 heteroatoms. The van der Waals surface area contributed by atoms with Crippen molar-refractivity contribution >= 4 is 7.81 Å². The molecule has 0 unspecified atom stereocenters. The normalized spacial score (nSPS) is 14.5. The third kappa shape index (κ3) is 9.85. The monoisotopic (exact) mass is 330 g/mol. The molecule has 1 aromatic carbocycles. The van der Waals surface area contributed by atoms with Crippen LogP contribution in [0.2, 0.25) is 0 Å². The summed E-state index contributed by atoms with van der Waals surface area (Å²) < 4.78 is 64.8. The van der Waals surface area contributed by atoms with Crippen molar-refractivity contribution in [2.75, 3.05) is 0 Å². The van der Waals surface area contributed by atoms with Gasteiger partial charge in [0.1, 0.15) is 0 Å². The Morgan fingerprint density at radius 3 is 1.71 bits per heavy atom. The van der Waals surface area contributed by atoms with Gasteiger partial charge < -0.3 is 0 Å². The summed E-state index contributed by atoms with van der Waals surface area (Å²) in [5.74, 6) is 1.88. The predicted octanol–water partition coefficient (Wildman–Crippen LogP) is 7.23. The van der Waals surface area contributed by atoms with Gasteiger partial charge in [-0.05, 0) is 24.6 Å². The SMILES string of the molecule is Cc1cc(C)[o+]c(-c2ccccc2)c1.F[P-](F)(F)(F)(F)F. The van der Waals surface area contributed by atoms with E-state index in [1.807, 2.05) is 31.2 Å². The van der Waals surface area contributed by atoms with Crippen LogP contribution in [0.25, 0.3) is 11.3 Å². The molecule has 0 fully saturated rings. The van der Waals surface area contributed by atoms with E-state index in [4.69, 9.17) is 4.42 Å². The van der Waals surface area contributed by atoms with E-state index in [1.165, 1.54) is 5.56 Å². The molecule has 0 bridgehead atoms. The standard InChI is InChI=1S/C13H13O.F6P/c1-10-8-11(2)14-13(9-10)12-6-4-3-5-7-12;1-7(2,3,4,5)6/h3-9H,1-2H3;/q+1;-1. The maximum absolute atomic E-state index is 10.7. The van der Waals surface area contributed by atoms with Crippen molar-refractivity contribution in [3.63, 3.8) is 0 Å². The Morgan fingerprint density at radius 1 is 0.810 bits per heavy atom. The molecule has 118 valence electrons. The summed E-state index contributed by atoms with van der Waals surface area (Å²) >= 11 is 0. The number of hydrogen-bond acceptors (Lipinski definition) is 0. The van der Waals surface area contributed by atoms with Crippen LogP contribution in [0.5, 0.6) is 0 Å². The van der Waals surface area contributed by atoms with E-state index in [-0.39, 0.29) is 0 Å². The molecule has 1 heterocycles. The summed E-state index contributed by atoms with van der Waals surface area (Å²) in [5.41, 5.74) is 2.35. The Kier molecular flexibility index (Phi) is 4.14. The Hall–Kier alpha value is -1.62. The molecule has 0 atom stereocenters. The fourth-order valence-electron chi connectivity index (χ4n) is 1.55. The second-order valence-corrected chi connectivity index (χ2v) is 6.35. The molecule has 1 nitrogen and oxygen atoms in total. The Balaban J connectivity index is 0.000000270. The van der Waals surface area contributed by atoms with Crippen LogP contribution < -0.4 is 0 Å². The van der Waals surface area contributed by atoms with Crippen LogP contribution in [0, 0.1) is 13.8 Å². The first-order valence-corrected chi connectivity index (χ1v) is 7.77. The average Bonchev–Trinajstić information content (AvgIpc) is 2.24. The average molecular weight is 330 g/mol. The third-order valence-corrected chi connectivity index (χ3v) is 2.12. The second-order valence-electron chi connectivity index (χ2n) is 4.43. The van der Waals surface area contributed by atoms with E-state index in [0.29, 0.717) is 0 Å². The molecule has 0 amide bonds. The zero-order chi connectivity index (χ0) is 16.4. The first-order chi connectivity index (χ1) is 9.20. The Morgan fingerprint density at radius 2 is 1.29 bits per heavy atom. The summed E-state index contributed by atoms with van der Waals surface area (Å²) in [4.78, 5) is 0. The van der Waals surface area contributed by atoms with E-state index in [0.717, 1.165) is 17.1 Å². The van der Waals surface area contributed by atoms with Crippen molar-refractivity contribution in [2.45, 2.75) is 13.8 Å². The zero-order valence-corrected chi connectivity index (χ0v) is 12.1. The van der Waals surface area contributed by atoms with Crippen LogP contribution in [0.4, 0.5) is 25.2 Å². The van der Waals surface area contributed by atoms with E-state index in [2.05, 4.69) is 25.1 Å². The van der Waals surface area contributed by atoms with Crippen LogP contribution in [-0.2, 0) is 0 Å². The van der Waals surface area contributed by atoms with Gasteiger partial charge in [-0.3, -0.25) is 0 Å². The summed E-state index contributed by atoms with van der Waals surface area (Å²) in [6.45, 7) is 4.05. The molecule has 0 saturated heterocycles. The molecule has 0 aliphatic rings. The van der Waals surface area contributed by atoms with E-state index < -0.39 is 7.81 Å². The number of benzene rings is 1. The third-order valence-electron chi connectivity index (χ3n) is 2.12. The van der Waals surface area contributed by atoms with E-state index in [1.54, 1.807) is 0 Å². The van der Waals surface area contributed by atoms with Crippen molar-refractivity contribution in [1.82, 2.24) is 0 Å². The van der Waals surface area contributed by atoms with Crippen molar-refractivity contribution in [1.29, 1.82) is 0 Å². The van der Waals surface area contributed by atoms with Crippen LogP contribution in [0.1, 0.15) is 11.3 Å². The minimum absolute atomic E-state index is 0.933. The number of hydrogen-bond donors (Lipinski definition) is 0. The van der Waals surface area contributed by atoms with Crippen molar-refractivity contribution in [2.24, 2.45) is 0 Å². The molecule has 0 aliphatic heterocycles. The van der Waals surface area contributed by atoms with Gasteiger partial charge in [0.2, 0.25) is 0 Å². The fraction of sp³-hybridized carbons (Fsp3) is 0.154. The molecule has 21 heavy (non-hydrogen) atoms. The molecule has 0 radical (unpaired) electrons. The van der Waals surface area contributed by atoms with Crippen LogP contribution in [0.3, 0.4) is 0 Å². The van der Waals surface area contributed by atoms with Gasteiger partial charge in [-0.1, -0.05) is 18.2 Å². The van der Waals surface area contributed by atoms with E-state index in [9.17, 15) is 25.2 Å². The molecule has 0 spiro atoms. The predicted molar refractivity (Wildman–Crippen MR) is 71.6 cm³/mol.